The minimum Gasteiger partial charge on any atom is -0.350 e. The van der Waals surface area contributed by atoms with E-state index in [0.29, 0.717) is 30.2 Å². The third-order valence-electron chi connectivity index (χ3n) is 5.43. The predicted molar refractivity (Wildman–Crippen MR) is 153 cm³/mol. The number of amides is 2. The minimum atomic E-state index is -0.636. The van der Waals surface area contributed by atoms with Gasteiger partial charge >= 0.3 is 0 Å². The molecule has 0 radical (unpaired) electrons. The fourth-order valence-corrected chi connectivity index (χ4v) is 4.96. The second-order valence-electron chi connectivity index (χ2n) is 9.65. The molecule has 1 N–H and O–H groups in total. The van der Waals surface area contributed by atoms with Crippen LogP contribution in [0.15, 0.2) is 88.2 Å². The Morgan fingerprint density at radius 1 is 0.944 bits per heavy atom. The molecule has 36 heavy (non-hydrogen) atoms. The highest BCUT2D eigenvalue weighted by atomic mass is 79.9. The lowest BCUT2D eigenvalue weighted by Crippen LogP contribution is -2.54. The molecule has 0 unspecified atom stereocenters. The van der Waals surface area contributed by atoms with Crippen molar-refractivity contribution >= 4 is 51.1 Å². The Morgan fingerprint density at radius 3 is 2.19 bits per heavy atom. The number of nitrogens with one attached hydrogen (secondary N) is 1. The molecule has 3 aromatic carbocycles. The Labute approximate surface area is 231 Å². The molecular weight excluding hydrogens is 556 g/mol. The molecule has 0 aromatic heterocycles. The number of rotatable bonds is 10. The largest absolute Gasteiger partial charge is 0.350 e. The second kappa shape index (κ2) is 13.3. The highest BCUT2D eigenvalue weighted by molar-refractivity contribution is 9.10. The Balaban J connectivity index is 1.85. The van der Waals surface area contributed by atoms with Crippen molar-refractivity contribution in [1.82, 2.24) is 10.2 Å². The summed E-state index contributed by atoms with van der Waals surface area (Å²) in [4.78, 5) is 30.0. The molecule has 0 aliphatic rings. The molecule has 0 bridgehead atoms. The highest BCUT2D eigenvalue weighted by Gasteiger charge is 2.32. The zero-order chi connectivity index (χ0) is 26.1. The first kappa shape index (κ1) is 28.3. The predicted octanol–water partition coefficient (Wildman–Crippen LogP) is 7.14. The van der Waals surface area contributed by atoms with E-state index in [1.165, 1.54) is 0 Å². The first-order valence-electron chi connectivity index (χ1n) is 11.9. The van der Waals surface area contributed by atoms with Gasteiger partial charge in [-0.05, 0) is 68.3 Å². The molecule has 1 atom stereocenters. The molecule has 2 amide bonds. The normalized spacial score (nSPS) is 12.1. The van der Waals surface area contributed by atoms with E-state index in [1.54, 1.807) is 16.7 Å². The zero-order valence-electron chi connectivity index (χ0n) is 20.8. The summed E-state index contributed by atoms with van der Waals surface area (Å²) >= 11 is 11.1. The molecule has 3 aromatic rings. The molecule has 0 spiro atoms. The van der Waals surface area contributed by atoms with Gasteiger partial charge in [0.05, 0.1) is 0 Å². The number of carbonyl (C=O) groups excluding carboxylic acids is 2. The molecular formula is C29H32BrClN2O2S. The summed E-state index contributed by atoms with van der Waals surface area (Å²) in [6, 6.07) is 24.7. The minimum absolute atomic E-state index is 0.0515. The van der Waals surface area contributed by atoms with Crippen LogP contribution in [0.4, 0.5) is 0 Å². The Morgan fingerprint density at radius 2 is 1.58 bits per heavy atom. The van der Waals surface area contributed by atoms with Gasteiger partial charge in [0, 0.05) is 45.1 Å². The van der Waals surface area contributed by atoms with Crippen molar-refractivity contribution in [2.75, 3.05) is 5.75 Å². The third kappa shape index (κ3) is 9.30. The lowest BCUT2D eigenvalue weighted by atomic mass is 10.0. The molecule has 0 aliphatic heterocycles. The first-order chi connectivity index (χ1) is 17.1. The van der Waals surface area contributed by atoms with Crippen LogP contribution in [0.1, 0.15) is 38.3 Å². The van der Waals surface area contributed by atoms with Crippen molar-refractivity contribution in [3.63, 3.8) is 0 Å². The number of carbonyl (C=O) groups is 2. The number of nitrogens with zero attached hydrogens (tertiary/aromatic N) is 1. The Hall–Kier alpha value is -2.28. The quantitative estimate of drug-likeness (QED) is 0.257. The van der Waals surface area contributed by atoms with Crippen molar-refractivity contribution in [2.45, 2.75) is 56.6 Å². The smallest absolute Gasteiger partial charge is 0.243 e. The maximum atomic E-state index is 13.7. The van der Waals surface area contributed by atoms with Crippen molar-refractivity contribution in [3.8, 4) is 0 Å². The second-order valence-corrected chi connectivity index (χ2v) is 12.2. The average molecular weight is 588 g/mol. The van der Waals surface area contributed by atoms with Gasteiger partial charge in [0.15, 0.2) is 0 Å². The van der Waals surface area contributed by atoms with E-state index in [0.717, 1.165) is 20.5 Å². The van der Waals surface area contributed by atoms with Crippen LogP contribution in [-0.4, -0.2) is 34.0 Å². The number of hydrogen-bond acceptors (Lipinski definition) is 3. The summed E-state index contributed by atoms with van der Waals surface area (Å²) in [5.74, 6) is 0.405. The van der Waals surface area contributed by atoms with Gasteiger partial charge in [0.25, 0.3) is 0 Å². The van der Waals surface area contributed by atoms with E-state index in [2.05, 4.69) is 21.2 Å². The molecule has 3 rings (SSSR count). The molecule has 0 saturated carbocycles. The topological polar surface area (TPSA) is 49.4 Å². The zero-order valence-corrected chi connectivity index (χ0v) is 24.0. The number of benzene rings is 3. The third-order valence-corrected chi connectivity index (χ3v) is 7.23. The fourth-order valence-electron chi connectivity index (χ4n) is 3.72. The van der Waals surface area contributed by atoms with Crippen LogP contribution in [0.2, 0.25) is 5.02 Å². The van der Waals surface area contributed by atoms with Crippen LogP contribution in [0, 0.1) is 0 Å². The Bertz CT molecular complexity index is 1130. The van der Waals surface area contributed by atoms with Gasteiger partial charge in [0.1, 0.15) is 6.04 Å². The van der Waals surface area contributed by atoms with E-state index in [-0.39, 0.29) is 11.8 Å². The van der Waals surface area contributed by atoms with Crippen LogP contribution in [0.25, 0.3) is 0 Å². The summed E-state index contributed by atoms with van der Waals surface area (Å²) in [6.07, 6.45) is 0.757. The molecule has 0 heterocycles. The van der Waals surface area contributed by atoms with Gasteiger partial charge in [-0.3, -0.25) is 9.59 Å². The van der Waals surface area contributed by atoms with Gasteiger partial charge in [-0.2, -0.15) is 0 Å². The number of thioether (sulfide) groups is 1. The number of hydrogen-bond donors (Lipinski definition) is 1. The van der Waals surface area contributed by atoms with E-state index in [1.807, 2.05) is 99.6 Å². The van der Waals surface area contributed by atoms with Crippen LogP contribution in [0.3, 0.4) is 0 Å². The van der Waals surface area contributed by atoms with Crippen LogP contribution < -0.4 is 5.32 Å². The SMILES string of the molecule is CC(C)(C)NC(=O)[C@H](Cc1ccccc1)N(Cc1ccc(Br)cc1)C(=O)CCSc1ccc(Cl)cc1. The van der Waals surface area contributed by atoms with Gasteiger partial charge in [-0.1, -0.05) is 70.0 Å². The van der Waals surface area contributed by atoms with Crippen molar-refractivity contribution in [3.05, 3.63) is 99.5 Å². The lowest BCUT2D eigenvalue weighted by Gasteiger charge is -2.34. The average Bonchev–Trinajstić information content (AvgIpc) is 2.83. The van der Waals surface area contributed by atoms with Gasteiger partial charge in [-0.15, -0.1) is 11.8 Å². The summed E-state index contributed by atoms with van der Waals surface area (Å²) in [6.45, 7) is 6.21. The van der Waals surface area contributed by atoms with E-state index >= 15 is 0 Å². The van der Waals surface area contributed by atoms with Gasteiger partial charge in [0.2, 0.25) is 11.8 Å². The standard InChI is InChI=1S/C29H32BrClN2O2S/c1-29(2,3)32-28(35)26(19-21-7-5-4-6-8-21)33(20-22-9-11-23(30)12-10-22)27(34)17-18-36-25-15-13-24(31)14-16-25/h4-16,26H,17-20H2,1-3H3,(H,32,35)/t26-/m0/s1. The Kier molecular flexibility index (Phi) is 10.5. The molecule has 0 saturated heterocycles. The van der Waals surface area contributed by atoms with Crippen molar-refractivity contribution < 1.29 is 9.59 Å². The van der Waals surface area contributed by atoms with E-state index < -0.39 is 11.6 Å². The molecule has 0 aliphatic carbocycles. The van der Waals surface area contributed by atoms with Crippen LogP contribution in [0.5, 0.6) is 0 Å². The van der Waals surface area contributed by atoms with Crippen LogP contribution in [-0.2, 0) is 22.6 Å². The van der Waals surface area contributed by atoms with Gasteiger partial charge in [-0.25, -0.2) is 0 Å². The maximum Gasteiger partial charge on any atom is 0.243 e. The summed E-state index contributed by atoms with van der Waals surface area (Å²) in [5.41, 5.74) is 1.57. The molecule has 0 fully saturated rings. The van der Waals surface area contributed by atoms with Crippen molar-refractivity contribution in [2.24, 2.45) is 0 Å². The number of halogens is 2. The van der Waals surface area contributed by atoms with E-state index in [9.17, 15) is 9.59 Å². The summed E-state index contributed by atoms with van der Waals surface area (Å²) in [5, 5.41) is 3.78. The molecule has 4 nitrogen and oxygen atoms in total. The van der Waals surface area contributed by atoms with Crippen LogP contribution >= 0.6 is 39.3 Å². The summed E-state index contributed by atoms with van der Waals surface area (Å²) < 4.78 is 0.967. The molecule has 7 heteroatoms. The highest BCUT2D eigenvalue weighted by Crippen LogP contribution is 2.23. The first-order valence-corrected chi connectivity index (χ1v) is 14.0. The van der Waals surface area contributed by atoms with Crippen molar-refractivity contribution in [1.29, 1.82) is 0 Å². The fraction of sp³-hybridized carbons (Fsp3) is 0.310. The monoisotopic (exact) mass is 586 g/mol. The van der Waals surface area contributed by atoms with Gasteiger partial charge < -0.3 is 10.2 Å². The summed E-state index contributed by atoms with van der Waals surface area (Å²) in [7, 11) is 0. The lowest BCUT2D eigenvalue weighted by molar-refractivity contribution is -0.141. The maximum absolute atomic E-state index is 13.7. The molecule has 190 valence electrons. The van der Waals surface area contributed by atoms with E-state index in [4.69, 9.17) is 11.6 Å².